The van der Waals surface area contributed by atoms with E-state index >= 15 is 4.39 Å². The molecule has 6 rings (SSSR count). The minimum Gasteiger partial charge on any atom is -0.367 e. The highest BCUT2D eigenvalue weighted by Gasteiger charge is 2.43. The minimum absolute atomic E-state index is 0.0287. The Bertz CT molecular complexity index is 1360. The van der Waals surface area contributed by atoms with Crippen LogP contribution in [0.5, 0.6) is 0 Å². The number of fused-ring (bicyclic) bond motifs is 2. The number of carbonyl (C=O) groups is 1. The zero-order valence-corrected chi connectivity index (χ0v) is 16.8. The normalized spacial score (nSPS) is 20.3. The second-order valence-electron chi connectivity index (χ2n) is 7.86. The average Bonchev–Trinajstić information content (AvgIpc) is 3.09. The van der Waals surface area contributed by atoms with Crippen molar-refractivity contribution >= 4 is 45.6 Å². The fourth-order valence-corrected chi connectivity index (χ4v) is 4.22. The van der Waals surface area contributed by atoms with Gasteiger partial charge in [0.1, 0.15) is 11.9 Å². The van der Waals surface area contributed by atoms with Gasteiger partial charge in [0.05, 0.1) is 40.7 Å². The van der Waals surface area contributed by atoms with Crippen molar-refractivity contribution in [3.05, 3.63) is 35.6 Å². The molecule has 1 amide bonds. The fourth-order valence-electron chi connectivity index (χ4n) is 3.93. The summed E-state index contributed by atoms with van der Waals surface area (Å²) in [7, 11) is 0. The second-order valence-corrected chi connectivity index (χ2v) is 8.24. The number of alkyl halides is 1. The van der Waals surface area contributed by atoms with Crippen molar-refractivity contribution in [1.82, 2.24) is 24.6 Å². The summed E-state index contributed by atoms with van der Waals surface area (Å²) in [5.41, 5.74) is 2.32. The van der Waals surface area contributed by atoms with Crippen molar-refractivity contribution < 1.29 is 13.6 Å². The number of benzene rings is 1. The number of hydrogen-bond acceptors (Lipinski definition) is 5. The lowest BCUT2D eigenvalue weighted by molar-refractivity contribution is -0.117. The lowest BCUT2D eigenvalue weighted by Gasteiger charge is -2.34. The van der Waals surface area contributed by atoms with Gasteiger partial charge in [-0.15, -0.1) is 0 Å². The third-order valence-electron chi connectivity index (χ3n) is 5.84. The fraction of sp³-hybridized carbons (Fsp3) is 0.300. The van der Waals surface area contributed by atoms with Crippen molar-refractivity contribution in [1.29, 1.82) is 0 Å². The second kappa shape index (κ2) is 6.61. The lowest BCUT2D eigenvalue weighted by atomic mass is 10.0. The smallest absolute Gasteiger partial charge is 0.231 e. The highest BCUT2D eigenvalue weighted by molar-refractivity contribution is 6.36. The molecule has 2 N–H and O–H groups in total. The maximum Gasteiger partial charge on any atom is 0.231 e. The van der Waals surface area contributed by atoms with Crippen LogP contribution in [0.3, 0.4) is 0 Å². The number of halogens is 3. The first kappa shape index (κ1) is 18.5. The molecule has 1 saturated carbocycles. The number of nitrogens with one attached hydrogen (secondary N) is 2. The number of nitrogens with zero attached hydrogens (tertiary/aromatic N) is 5. The van der Waals surface area contributed by atoms with Gasteiger partial charge < -0.3 is 14.6 Å². The molecule has 0 radical (unpaired) electrons. The monoisotopic (exact) mass is 443 g/mol. The van der Waals surface area contributed by atoms with Crippen molar-refractivity contribution in [3.8, 4) is 11.3 Å². The number of hydrogen-bond donors (Lipinski definition) is 2. The molecule has 0 spiro atoms. The third kappa shape index (κ3) is 2.85. The molecule has 2 fully saturated rings. The highest BCUT2D eigenvalue weighted by Crippen LogP contribution is 2.43. The highest BCUT2D eigenvalue weighted by atomic mass is 35.5. The Balaban J connectivity index is 1.42. The van der Waals surface area contributed by atoms with Crippen LogP contribution in [0.2, 0.25) is 5.02 Å². The lowest BCUT2D eigenvalue weighted by Crippen LogP contribution is -2.37. The van der Waals surface area contributed by atoms with Gasteiger partial charge in [0.15, 0.2) is 17.3 Å². The van der Waals surface area contributed by atoms with E-state index in [1.54, 1.807) is 23.0 Å². The van der Waals surface area contributed by atoms with E-state index in [1.165, 1.54) is 6.20 Å². The Labute approximate surface area is 179 Å². The van der Waals surface area contributed by atoms with E-state index in [2.05, 4.69) is 25.5 Å². The summed E-state index contributed by atoms with van der Waals surface area (Å²) in [6, 6.07) is 0. The molecule has 2 aliphatic rings. The van der Waals surface area contributed by atoms with Gasteiger partial charge in [0.2, 0.25) is 5.91 Å². The minimum atomic E-state index is -1.08. The summed E-state index contributed by atoms with van der Waals surface area (Å²) >= 11 is 6.47. The Hall–Kier alpha value is -3.27. The summed E-state index contributed by atoms with van der Waals surface area (Å²) in [6.07, 6.45) is 6.51. The molecule has 158 valence electrons. The zero-order valence-electron chi connectivity index (χ0n) is 16.1. The standard InChI is InChI=1S/C20H16ClF2N7O/c21-16-15(10-5-25-28-18(10)19(17(16)23)29-2-1-3-29)12-7-30-8-13(26-14(30)6-24-12)27-20(31)9-4-11(9)22/h5-9,11H,1-4H2,(H,25,28)(H,27,31)/t9-,11+/m1/s1. The molecule has 2 atom stereocenters. The molecule has 0 unspecified atom stereocenters. The summed E-state index contributed by atoms with van der Waals surface area (Å²) in [6.45, 7) is 1.52. The number of carbonyl (C=O) groups excluding carboxylic acids is 1. The first-order chi connectivity index (χ1) is 15.0. The Morgan fingerprint density at radius 2 is 2.10 bits per heavy atom. The predicted octanol–water partition coefficient (Wildman–Crippen LogP) is 3.57. The predicted molar refractivity (Wildman–Crippen MR) is 112 cm³/mol. The van der Waals surface area contributed by atoms with Crippen molar-refractivity contribution in [2.24, 2.45) is 5.92 Å². The molecule has 3 aromatic heterocycles. The van der Waals surface area contributed by atoms with Crippen molar-refractivity contribution in [2.75, 3.05) is 23.3 Å². The van der Waals surface area contributed by atoms with E-state index in [0.29, 0.717) is 39.3 Å². The van der Waals surface area contributed by atoms with Gasteiger partial charge in [-0.3, -0.25) is 14.9 Å². The quantitative estimate of drug-likeness (QED) is 0.503. The number of amides is 1. The van der Waals surface area contributed by atoms with Crippen LogP contribution in [0.1, 0.15) is 12.8 Å². The molecule has 1 saturated heterocycles. The molecule has 0 bridgehead atoms. The van der Waals surface area contributed by atoms with Crippen LogP contribution in [0.4, 0.5) is 20.3 Å². The van der Waals surface area contributed by atoms with Gasteiger partial charge in [-0.05, 0) is 12.8 Å². The third-order valence-corrected chi connectivity index (χ3v) is 6.19. The van der Waals surface area contributed by atoms with E-state index in [0.717, 1.165) is 19.5 Å². The molecule has 11 heteroatoms. The summed E-state index contributed by atoms with van der Waals surface area (Å²) < 4.78 is 30.0. The maximum atomic E-state index is 15.3. The van der Waals surface area contributed by atoms with Gasteiger partial charge in [0, 0.05) is 30.2 Å². The van der Waals surface area contributed by atoms with E-state index in [1.807, 2.05) is 4.90 Å². The summed E-state index contributed by atoms with van der Waals surface area (Å²) in [4.78, 5) is 22.6. The zero-order chi connectivity index (χ0) is 21.3. The molecule has 1 aliphatic carbocycles. The molecule has 4 heterocycles. The van der Waals surface area contributed by atoms with Crippen LogP contribution in [0.15, 0.2) is 24.8 Å². The van der Waals surface area contributed by atoms with Crippen LogP contribution in [-0.2, 0) is 4.79 Å². The molecule has 4 aromatic rings. The number of H-pyrrole nitrogens is 1. The molecule has 8 nitrogen and oxygen atoms in total. The number of rotatable bonds is 4. The first-order valence-corrected chi connectivity index (χ1v) is 10.3. The Morgan fingerprint density at radius 1 is 1.29 bits per heavy atom. The van der Waals surface area contributed by atoms with Gasteiger partial charge in [0.25, 0.3) is 0 Å². The largest absolute Gasteiger partial charge is 0.367 e. The van der Waals surface area contributed by atoms with Crippen molar-refractivity contribution in [2.45, 2.75) is 19.0 Å². The maximum absolute atomic E-state index is 15.3. The molecular formula is C20H16ClF2N7O. The van der Waals surface area contributed by atoms with Gasteiger partial charge in [-0.25, -0.2) is 13.8 Å². The van der Waals surface area contributed by atoms with Crippen LogP contribution in [-0.4, -0.2) is 49.7 Å². The average molecular weight is 444 g/mol. The van der Waals surface area contributed by atoms with E-state index in [9.17, 15) is 9.18 Å². The summed E-state index contributed by atoms with van der Waals surface area (Å²) in [5.74, 6) is -1.23. The van der Waals surface area contributed by atoms with Crippen LogP contribution >= 0.6 is 11.6 Å². The van der Waals surface area contributed by atoms with Crippen LogP contribution < -0.4 is 10.2 Å². The first-order valence-electron chi connectivity index (χ1n) is 9.90. The van der Waals surface area contributed by atoms with E-state index in [4.69, 9.17) is 11.6 Å². The molecule has 1 aromatic carbocycles. The van der Waals surface area contributed by atoms with E-state index < -0.39 is 23.8 Å². The molecule has 31 heavy (non-hydrogen) atoms. The number of aromatic amines is 1. The van der Waals surface area contributed by atoms with Gasteiger partial charge >= 0.3 is 0 Å². The Morgan fingerprint density at radius 3 is 2.81 bits per heavy atom. The van der Waals surface area contributed by atoms with Crippen LogP contribution in [0, 0.1) is 11.7 Å². The molecular weight excluding hydrogens is 428 g/mol. The topological polar surface area (TPSA) is 91.2 Å². The van der Waals surface area contributed by atoms with Gasteiger partial charge in [-0.1, -0.05) is 11.6 Å². The number of aromatic nitrogens is 5. The SMILES string of the molecule is O=C(Nc1cn2cc(-c3c(Cl)c(F)c(N4CCC4)c4[nH]ncc34)ncc2n1)[C@@H]1C[C@@H]1F. The van der Waals surface area contributed by atoms with Crippen LogP contribution in [0.25, 0.3) is 27.8 Å². The Kier molecular flexibility index (Phi) is 3.95. The number of anilines is 2. The van der Waals surface area contributed by atoms with E-state index in [-0.39, 0.29) is 11.4 Å². The number of imidazole rings is 1. The summed E-state index contributed by atoms with van der Waals surface area (Å²) in [5, 5.41) is 10.2. The van der Waals surface area contributed by atoms with Crippen molar-refractivity contribution in [3.63, 3.8) is 0 Å². The molecule has 1 aliphatic heterocycles. The van der Waals surface area contributed by atoms with Gasteiger partial charge in [-0.2, -0.15) is 5.10 Å².